The van der Waals surface area contributed by atoms with Gasteiger partial charge in [-0.2, -0.15) is 0 Å². The summed E-state index contributed by atoms with van der Waals surface area (Å²) in [4.78, 5) is 13.0. The minimum Gasteiger partial charge on any atom is -0.478 e. The highest BCUT2D eigenvalue weighted by Gasteiger charge is 2.27. The van der Waals surface area contributed by atoms with E-state index in [1.165, 1.54) is 18.2 Å². The second-order valence-electron chi connectivity index (χ2n) is 4.27. The van der Waals surface area contributed by atoms with Crippen LogP contribution in [0.15, 0.2) is 18.2 Å². The van der Waals surface area contributed by atoms with E-state index < -0.39 is 11.8 Å². The molecule has 18 heavy (non-hydrogen) atoms. The fourth-order valence-corrected chi connectivity index (χ4v) is 2.27. The predicted octanol–water partition coefficient (Wildman–Crippen LogP) is 2.14. The number of carboxylic acid groups (broad SMARTS) is 1. The minimum atomic E-state index is -1.11. The topological polar surface area (TPSA) is 49.8 Å². The summed E-state index contributed by atoms with van der Waals surface area (Å²) in [5.74, 6) is -1.60. The zero-order valence-corrected chi connectivity index (χ0v) is 10.2. The van der Waals surface area contributed by atoms with E-state index in [2.05, 4.69) is 0 Å². The lowest BCUT2D eigenvalue weighted by molar-refractivity contribution is 0.0693. The first-order valence-corrected chi connectivity index (χ1v) is 6.01. The molecule has 1 fully saturated rings. The molecule has 0 aliphatic carbocycles. The van der Waals surface area contributed by atoms with Gasteiger partial charge < -0.3 is 14.7 Å². The smallest absolute Gasteiger partial charge is 0.337 e. The maximum Gasteiger partial charge on any atom is 0.337 e. The number of anilines is 1. The van der Waals surface area contributed by atoms with E-state index in [9.17, 15) is 9.18 Å². The SMILES string of the molecule is CCC1COCCN1c1c(F)cccc1C(=O)O. The number of carboxylic acids is 1. The molecule has 0 saturated carbocycles. The maximum absolute atomic E-state index is 14.0. The standard InChI is InChI=1S/C13H16FNO3/c1-2-9-8-18-7-6-15(9)12-10(13(16)17)4-3-5-11(12)14/h3-5,9H,2,6-8H2,1H3,(H,16,17). The van der Waals surface area contributed by atoms with Crippen molar-refractivity contribution in [1.29, 1.82) is 0 Å². The Kier molecular flexibility index (Phi) is 3.81. The molecule has 1 aliphatic rings. The molecule has 1 unspecified atom stereocenters. The monoisotopic (exact) mass is 253 g/mol. The van der Waals surface area contributed by atoms with E-state index in [1.807, 2.05) is 11.8 Å². The third-order valence-electron chi connectivity index (χ3n) is 3.20. The number of hydrogen-bond donors (Lipinski definition) is 1. The largest absolute Gasteiger partial charge is 0.478 e. The van der Waals surface area contributed by atoms with Crippen LogP contribution in [0.4, 0.5) is 10.1 Å². The molecule has 0 spiro atoms. The van der Waals surface area contributed by atoms with Crippen LogP contribution >= 0.6 is 0 Å². The summed E-state index contributed by atoms with van der Waals surface area (Å²) < 4.78 is 19.3. The van der Waals surface area contributed by atoms with Crippen LogP contribution in [0.1, 0.15) is 23.7 Å². The van der Waals surface area contributed by atoms with Gasteiger partial charge in [0.05, 0.1) is 30.5 Å². The van der Waals surface area contributed by atoms with Crippen LogP contribution in [0.3, 0.4) is 0 Å². The summed E-state index contributed by atoms with van der Waals surface area (Å²) in [6.45, 7) is 3.49. The Labute approximate surface area is 105 Å². The molecule has 1 N–H and O–H groups in total. The van der Waals surface area contributed by atoms with Crippen molar-refractivity contribution >= 4 is 11.7 Å². The van der Waals surface area contributed by atoms with Crippen molar-refractivity contribution < 1.29 is 19.0 Å². The number of rotatable bonds is 3. The van der Waals surface area contributed by atoms with E-state index in [1.54, 1.807) is 0 Å². The van der Waals surface area contributed by atoms with Gasteiger partial charge in [-0.15, -0.1) is 0 Å². The summed E-state index contributed by atoms with van der Waals surface area (Å²) in [5, 5.41) is 9.16. The quantitative estimate of drug-likeness (QED) is 0.896. The molecule has 2 rings (SSSR count). The van der Waals surface area contributed by atoms with E-state index in [0.717, 1.165) is 6.42 Å². The molecule has 4 nitrogen and oxygen atoms in total. The minimum absolute atomic E-state index is 0.00958. The first-order valence-electron chi connectivity index (χ1n) is 6.01. The number of halogens is 1. The third-order valence-corrected chi connectivity index (χ3v) is 3.20. The molecule has 1 aromatic carbocycles. The average molecular weight is 253 g/mol. The molecule has 5 heteroatoms. The summed E-state index contributed by atoms with van der Waals surface area (Å²) >= 11 is 0. The van der Waals surface area contributed by atoms with Crippen LogP contribution in [-0.4, -0.2) is 36.9 Å². The van der Waals surface area contributed by atoms with E-state index in [4.69, 9.17) is 9.84 Å². The fourth-order valence-electron chi connectivity index (χ4n) is 2.27. The van der Waals surface area contributed by atoms with Gasteiger partial charge in [-0.05, 0) is 18.6 Å². The lowest BCUT2D eigenvalue weighted by Crippen LogP contribution is -2.46. The molecule has 98 valence electrons. The highest BCUT2D eigenvalue weighted by atomic mass is 19.1. The Morgan fingerprint density at radius 1 is 1.61 bits per heavy atom. The van der Waals surface area contributed by atoms with Gasteiger partial charge >= 0.3 is 5.97 Å². The number of nitrogens with zero attached hydrogens (tertiary/aromatic N) is 1. The Morgan fingerprint density at radius 3 is 3.06 bits per heavy atom. The summed E-state index contributed by atoms with van der Waals surface area (Å²) in [7, 11) is 0. The Balaban J connectivity index is 2.44. The molecule has 1 aliphatic heterocycles. The Hall–Kier alpha value is -1.62. The van der Waals surface area contributed by atoms with Gasteiger partial charge in [-0.3, -0.25) is 0 Å². The highest BCUT2D eigenvalue weighted by Crippen LogP contribution is 2.28. The van der Waals surface area contributed by atoms with E-state index >= 15 is 0 Å². The number of para-hydroxylation sites is 1. The summed E-state index contributed by atoms with van der Waals surface area (Å²) in [5.41, 5.74) is 0.190. The molecule has 1 aromatic rings. The van der Waals surface area contributed by atoms with Crippen LogP contribution in [-0.2, 0) is 4.74 Å². The molecule has 1 heterocycles. The molecule has 1 atom stereocenters. The van der Waals surface area contributed by atoms with Crippen molar-refractivity contribution in [2.45, 2.75) is 19.4 Å². The van der Waals surface area contributed by atoms with Crippen molar-refractivity contribution in [3.63, 3.8) is 0 Å². The number of ether oxygens (including phenoxy) is 1. The number of aromatic carboxylic acids is 1. The van der Waals surface area contributed by atoms with Crippen LogP contribution < -0.4 is 4.90 Å². The van der Waals surface area contributed by atoms with Crippen molar-refractivity contribution in [2.75, 3.05) is 24.7 Å². The fraction of sp³-hybridized carbons (Fsp3) is 0.462. The Bertz CT molecular complexity index is 450. The lowest BCUT2D eigenvalue weighted by Gasteiger charge is -2.37. The van der Waals surface area contributed by atoms with Crippen molar-refractivity contribution in [3.05, 3.63) is 29.6 Å². The number of hydrogen-bond acceptors (Lipinski definition) is 3. The summed E-state index contributed by atoms with van der Waals surface area (Å²) in [6.07, 6.45) is 0.785. The van der Waals surface area contributed by atoms with Gasteiger partial charge in [0.2, 0.25) is 0 Å². The molecule has 0 radical (unpaired) electrons. The molecule has 1 saturated heterocycles. The zero-order chi connectivity index (χ0) is 13.1. The van der Waals surface area contributed by atoms with Crippen LogP contribution in [0, 0.1) is 5.82 Å². The highest BCUT2D eigenvalue weighted by molar-refractivity contribution is 5.94. The summed E-state index contributed by atoms with van der Waals surface area (Å²) in [6, 6.07) is 4.17. The van der Waals surface area contributed by atoms with Gasteiger partial charge in [0.1, 0.15) is 5.82 Å². The lowest BCUT2D eigenvalue weighted by atomic mass is 10.1. The van der Waals surface area contributed by atoms with Crippen LogP contribution in [0.2, 0.25) is 0 Å². The maximum atomic E-state index is 14.0. The number of carbonyl (C=O) groups is 1. The first-order chi connectivity index (χ1) is 8.65. The molecule has 0 amide bonds. The molecule has 0 bridgehead atoms. The average Bonchev–Trinajstić information content (AvgIpc) is 2.38. The van der Waals surface area contributed by atoms with Gasteiger partial charge in [0.25, 0.3) is 0 Å². The third kappa shape index (κ3) is 2.31. The van der Waals surface area contributed by atoms with Crippen molar-refractivity contribution in [3.8, 4) is 0 Å². The molecular formula is C13H16FNO3. The second kappa shape index (κ2) is 5.35. The molecular weight excluding hydrogens is 237 g/mol. The van der Waals surface area contributed by atoms with Gasteiger partial charge in [-0.25, -0.2) is 9.18 Å². The number of benzene rings is 1. The second-order valence-corrected chi connectivity index (χ2v) is 4.27. The normalized spacial score (nSPS) is 19.9. The predicted molar refractivity (Wildman–Crippen MR) is 65.6 cm³/mol. The first kappa shape index (κ1) is 12.8. The van der Waals surface area contributed by atoms with Gasteiger partial charge in [0, 0.05) is 6.54 Å². The molecule has 0 aromatic heterocycles. The van der Waals surface area contributed by atoms with Crippen LogP contribution in [0.25, 0.3) is 0 Å². The van der Waals surface area contributed by atoms with E-state index in [-0.39, 0.29) is 17.3 Å². The van der Waals surface area contributed by atoms with E-state index in [0.29, 0.717) is 19.8 Å². The van der Waals surface area contributed by atoms with Gasteiger partial charge in [-0.1, -0.05) is 13.0 Å². The van der Waals surface area contributed by atoms with Crippen molar-refractivity contribution in [2.24, 2.45) is 0 Å². The van der Waals surface area contributed by atoms with Crippen molar-refractivity contribution in [1.82, 2.24) is 0 Å². The Morgan fingerprint density at radius 2 is 2.39 bits per heavy atom. The van der Waals surface area contributed by atoms with Crippen LogP contribution in [0.5, 0.6) is 0 Å². The number of morpholine rings is 1. The van der Waals surface area contributed by atoms with Gasteiger partial charge in [0.15, 0.2) is 0 Å². The zero-order valence-electron chi connectivity index (χ0n) is 10.2.